The van der Waals surface area contributed by atoms with Gasteiger partial charge in [-0.15, -0.1) is 11.3 Å². The van der Waals surface area contributed by atoms with E-state index in [4.69, 9.17) is 5.73 Å². The van der Waals surface area contributed by atoms with Gasteiger partial charge in [0.1, 0.15) is 11.4 Å². The van der Waals surface area contributed by atoms with Crippen molar-refractivity contribution in [2.75, 3.05) is 6.54 Å². The Morgan fingerprint density at radius 1 is 1.36 bits per heavy atom. The van der Waals surface area contributed by atoms with Gasteiger partial charge in [0.25, 0.3) is 5.56 Å². The molecule has 0 fully saturated rings. The molecule has 0 saturated heterocycles. The van der Waals surface area contributed by atoms with Crippen LogP contribution in [0.15, 0.2) is 11.1 Å². The van der Waals surface area contributed by atoms with E-state index >= 15 is 0 Å². The number of hydrogen-bond donors (Lipinski definition) is 2. The van der Waals surface area contributed by atoms with Gasteiger partial charge in [0.2, 0.25) is 11.8 Å². The van der Waals surface area contributed by atoms with Crippen LogP contribution in [-0.4, -0.2) is 27.9 Å². The Morgan fingerprint density at radius 3 is 2.91 bits per heavy atom. The summed E-state index contributed by atoms with van der Waals surface area (Å²) in [4.78, 5) is 41.3. The zero-order valence-electron chi connectivity index (χ0n) is 11.9. The molecule has 2 aromatic heterocycles. The van der Waals surface area contributed by atoms with Gasteiger partial charge in [-0.2, -0.15) is 0 Å². The quantitative estimate of drug-likeness (QED) is 0.822. The Hall–Kier alpha value is -2.22. The van der Waals surface area contributed by atoms with E-state index in [0.29, 0.717) is 5.39 Å². The first-order chi connectivity index (χ1) is 10.6. The van der Waals surface area contributed by atoms with Crippen LogP contribution in [-0.2, 0) is 29.0 Å². The van der Waals surface area contributed by atoms with Crippen LogP contribution in [0.5, 0.6) is 0 Å². The van der Waals surface area contributed by atoms with Gasteiger partial charge >= 0.3 is 0 Å². The maximum Gasteiger partial charge on any atom is 0.262 e. The molecule has 0 radical (unpaired) electrons. The fourth-order valence-corrected chi connectivity index (χ4v) is 3.91. The van der Waals surface area contributed by atoms with Gasteiger partial charge in [0.05, 0.1) is 18.3 Å². The normalized spacial score (nSPS) is 13.8. The van der Waals surface area contributed by atoms with Crippen LogP contribution in [0, 0.1) is 0 Å². The molecule has 0 saturated carbocycles. The number of aromatic nitrogens is 2. The highest BCUT2D eigenvalue weighted by Crippen LogP contribution is 2.33. The average molecular weight is 320 g/mol. The number of nitrogens with one attached hydrogen (secondary N) is 1. The fraction of sp³-hybridized carbons (Fsp3) is 0.429. The minimum Gasteiger partial charge on any atom is -0.368 e. The van der Waals surface area contributed by atoms with Crippen molar-refractivity contribution >= 4 is 33.4 Å². The fourth-order valence-electron chi connectivity index (χ4n) is 2.69. The molecule has 0 spiro atoms. The molecule has 0 bridgehead atoms. The summed E-state index contributed by atoms with van der Waals surface area (Å²) in [6.45, 7) is -0.406. The molecule has 2 heterocycles. The lowest BCUT2D eigenvalue weighted by molar-refractivity contribution is -0.125. The van der Waals surface area contributed by atoms with E-state index in [1.54, 1.807) is 11.3 Å². The number of rotatable bonds is 4. The van der Waals surface area contributed by atoms with Gasteiger partial charge in [-0.05, 0) is 31.2 Å². The van der Waals surface area contributed by atoms with Crippen LogP contribution in [0.25, 0.3) is 10.2 Å². The molecule has 1 aliphatic carbocycles. The van der Waals surface area contributed by atoms with E-state index in [0.717, 1.165) is 36.1 Å². The van der Waals surface area contributed by atoms with Crippen LogP contribution in [0.3, 0.4) is 0 Å². The van der Waals surface area contributed by atoms with Crippen LogP contribution in [0.4, 0.5) is 0 Å². The van der Waals surface area contributed by atoms with Crippen molar-refractivity contribution in [2.24, 2.45) is 5.73 Å². The first kappa shape index (κ1) is 14.7. The summed E-state index contributed by atoms with van der Waals surface area (Å²) in [5.74, 6) is -1.06. The molecule has 8 heteroatoms. The van der Waals surface area contributed by atoms with Crippen LogP contribution < -0.4 is 16.6 Å². The summed E-state index contributed by atoms with van der Waals surface area (Å²) in [5, 5.41) is 3.01. The highest BCUT2D eigenvalue weighted by molar-refractivity contribution is 7.18. The summed E-state index contributed by atoms with van der Waals surface area (Å²) in [5.41, 5.74) is 5.87. The minimum atomic E-state index is -0.624. The second kappa shape index (κ2) is 5.88. The van der Waals surface area contributed by atoms with E-state index in [1.807, 2.05) is 0 Å². The average Bonchev–Trinajstić information content (AvgIpc) is 2.87. The van der Waals surface area contributed by atoms with E-state index in [1.165, 1.54) is 15.8 Å². The number of fused-ring (bicyclic) bond motifs is 3. The first-order valence-corrected chi connectivity index (χ1v) is 7.92. The summed E-state index contributed by atoms with van der Waals surface area (Å²) in [6.07, 6.45) is 5.49. The third-order valence-corrected chi connectivity index (χ3v) is 4.92. The van der Waals surface area contributed by atoms with Crippen molar-refractivity contribution in [3.63, 3.8) is 0 Å². The molecule has 3 N–H and O–H groups in total. The number of hydrogen-bond acceptors (Lipinski definition) is 5. The van der Waals surface area contributed by atoms with Crippen molar-refractivity contribution in [1.82, 2.24) is 14.9 Å². The molecule has 0 atom stereocenters. The SMILES string of the molecule is NC(=O)CNC(=O)Cn1cnc2sc3c(c2c1=O)CCCC3. The zero-order chi connectivity index (χ0) is 15.7. The third kappa shape index (κ3) is 2.74. The van der Waals surface area contributed by atoms with Gasteiger partial charge in [0, 0.05) is 4.88 Å². The second-order valence-corrected chi connectivity index (χ2v) is 6.40. The number of carbonyl (C=O) groups is 2. The highest BCUT2D eigenvalue weighted by atomic mass is 32.1. The van der Waals surface area contributed by atoms with Crippen LogP contribution in [0.2, 0.25) is 0 Å². The van der Waals surface area contributed by atoms with Crippen LogP contribution >= 0.6 is 11.3 Å². The summed E-state index contributed by atoms with van der Waals surface area (Å²) in [7, 11) is 0. The van der Waals surface area contributed by atoms with Gasteiger partial charge in [-0.3, -0.25) is 19.0 Å². The molecular formula is C14H16N4O3S. The Bertz CT molecular complexity index is 808. The maximum absolute atomic E-state index is 12.6. The minimum absolute atomic E-state index is 0.167. The van der Waals surface area contributed by atoms with E-state index in [9.17, 15) is 14.4 Å². The van der Waals surface area contributed by atoms with Crippen molar-refractivity contribution < 1.29 is 9.59 Å². The summed E-state index contributed by atoms with van der Waals surface area (Å²) < 4.78 is 1.28. The van der Waals surface area contributed by atoms with E-state index in [2.05, 4.69) is 10.3 Å². The number of primary amides is 1. The Labute approximate surface area is 130 Å². The standard InChI is InChI=1S/C14H16N4O3S/c15-10(19)5-16-11(20)6-18-7-17-13-12(14(18)21)8-3-1-2-4-9(8)22-13/h7H,1-6H2,(H2,15,19)(H,16,20). The topological polar surface area (TPSA) is 107 Å². The first-order valence-electron chi connectivity index (χ1n) is 7.11. The van der Waals surface area contributed by atoms with Crippen LogP contribution in [0.1, 0.15) is 23.3 Å². The predicted molar refractivity (Wildman–Crippen MR) is 82.7 cm³/mol. The number of thiophene rings is 1. The van der Waals surface area contributed by atoms with Gasteiger partial charge in [-0.1, -0.05) is 0 Å². The second-order valence-electron chi connectivity index (χ2n) is 5.31. The van der Waals surface area contributed by atoms with E-state index in [-0.39, 0.29) is 18.6 Å². The lowest BCUT2D eigenvalue weighted by Crippen LogP contribution is -2.37. The molecule has 0 aliphatic heterocycles. The number of amides is 2. The molecule has 7 nitrogen and oxygen atoms in total. The van der Waals surface area contributed by atoms with Gasteiger partial charge in [0.15, 0.2) is 0 Å². The number of aryl methyl sites for hydroxylation is 2. The number of carbonyl (C=O) groups excluding carboxylic acids is 2. The smallest absolute Gasteiger partial charge is 0.262 e. The molecule has 2 aromatic rings. The zero-order valence-corrected chi connectivity index (χ0v) is 12.7. The monoisotopic (exact) mass is 320 g/mol. The number of nitrogens with two attached hydrogens (primary N) is 1. The lowest BCUT2D eigenvalue weighted by Gasteiger charge is -2.10. The maximum atomic E-state index is 12.6. The van der Waals surface area contributed by atoms with Crippen molar-refractivity contribution in [2.45, 2.75) is 32.2 Å². The number of nitrogens with zero attached hydrogens (tertiary/aromatic N) is 2. The Kier molecular flexibility index (Phi) is 3.93. The predicted octanol–water partition coefficient (Wildman–Crippen LogP) is -0.0617. The molecule has 22 heavy (non-hydrogen) atoms. The molecule has 116 valence electrons. The largest absolute Gasteiger partial charge is 0.368 e. The molecule has 2 amide bonds. The summed E-state index contributed by atoms with van der Waals surface area (Å²) in [6, 6.07) is 0. The molecule has 0 aromatic carbocycles. The van der Waals surface area contributed by atoms with E-state index < -0.39 is 11.8 Å². The van der Waals surface area contributed by atoms with Crippen molar-refractivity contribution in [3.8, 4) is 0 Å². The molecule has 1 aliphatic rings. The molecular weight excluding hydrogens is 304 g/mol. The lowest BCUT2D eigenvalue weighted by atomic mass is 9.97. The van der Waals surface area contributed by atoms with Crippen molar-refractivity contribution in [1.29, 1.82) is 0 Å². The van der Waals surface area contributed by atoms with Gasteiger partial charge in [-0.25, -0.2) is 4.98 Å². The molecule has 0 unspecified atom stereocenters. The molecule has 3 rings (SSSR count). The third-order valence-electron chi connectivity index (χ3n) is 3.72. The Balaban J connectivity index is 1.91. The van der Waals surface area contributed by atoms with Gasteiger partial charge < -0.3 is 11.1 Å². The van der Waals surface area contributed by atoms with Crippen molar-refractivity contribution in [3.05, 3.63) is 27.1 Å². The highest BCUT2D eigenvalue weighted by Gasteiger charge is 2.20. The summed E-state index contributed by atoms with van der Waals surface area (Å²) >= 11 is 1.57. The Morgan fingerprint density at radius 2 is 2.14 bits per heavy atom.